The van der Waals surface area contributed by atoms with Crippen molar-refractivity contribution in [2.75, 3.05) is 18.9 Å². The molecule has 1 atom stereocenters. The molecule has 1 aliphatic carbocycles. The topological polar surface area (TPSA) is 50.4 Å². The average Bonchev–Trinajstić information content (AvgIpc) is 3.11. The Balaban J connectivity index is 1.78. The molecule has 1 aromatic carbocycles. The van der Waals surface area contributed by atoms with Crippen LogP contribution >= 0.6 is 0 Å². The van der Waals surface area contributed by atoms with Crippen LogP contribution in [0.2, 0.25) is 0 Å². The van der Waals surface area contributed by atoms with Crippen LogP contribution in [0.5, 0.6) is 5.75 Å². The largest absolute Gasteiger partial charge is 0.479 e. The number of nitrogens with one attached hydrogen (secondary N) is 2. The second kappa shape index (κ2) is 4.53. The maximum absolute atomic E-state index is 11.6. The van der Waals surface area contributed by atoms with Crippen molar-refractivity contribution in [3.63, 3.8) is 0 Å². The van der Waals surface area contributed by atoms with E-state index < -0.39 is 6.10 Å². The molecule has 0 aromatic heterocycles. The van der Waals surface area contributed by atoms with E-state index in [4.69, 9.17) is 4.74 Å². The molecule has 1 heterocycles. The Morgan fingerprint density at radius 1 is 1.47 bits per heavy atom. The normalized spacial score (nSPS) is 23.3. The molecular formula is C15H20N2O2. The summed E-state index contributed by atoms with van der Waals surface area (Å²) >= 11 is 0. The molecular weight excluding hydrogens is 240 g/mol. The van der Waals surface area contributed by atoms with Gasteiger partial charge in [0.25, 0.3) is 5.91 Å². The molecule has 3 rings (SSSR count). The number of carbonyl (C=O) groups excluding carboxylic acids is 1. The maximum Gasteiger partial charge on any atom is 0.265 e. The molecule has 1 fully saturated rings. The van der Waals surface area contributed by atoms with Crippen molar-refractivity contribution in [1.29, 1.82) is 0 Å². The summed E-state index contributed by atoms with van der Waals surface area (Å²) in [4.78, 5) is 11.6. The Morgan fingerprint density at radius 2 is 2.26 bits per heavy atom. The third-order valence-corrected chi connectivity index (χ3v) is 4.06. The van der Waals surface area contributed by atoms with E-state index >= 15 is 0 Å². The molecule has 1 amide bonds. The fraction of sp³-hybridized carbons (Fsp3) is 0.533. The highest BCUT2D eigenvalue weighted by Crippen LogP contribution is 2.48. The number of fused-ring (bicyclic) bond motifs is 1. The zero-order chi connectivity index (χ0) is 13.5. The number of rotatable bonds is 4. The second-order valence-corrected chi connectivity index (χ2v) is 5.79. The van der Waals surface area contributed by atoms with Gasteiger partial charge >= 0.3 is 0 Å². The van der Waals surface area contributed by atoms with Gasteiger partial charge in [0.2, 0.25) is 0 Å². The smallest absolute Gasteiger partial charge is 0.265 e. The first kappa shape index (κ1) is 12.5. The fourth-order valence-corrected chi connectivity index (χ4v) is 2.77. The van der Waals surface area contributed by atoms with Crippen LogP contribution in [0, 0.1) is 5.41 Å². The summed E-state index contributed by atoms with van der Waals surface area (Å²) in [7, 11) is 2.00. The minimum Gasteiger partial charge on any atom is -0.479 e. The zero-order valence-corrected chi connectivity index (χ0v) is 11.5. The molecule has 19 heavy (non-hydrogen) atoms. The number of ether oxygens (including phenoxy) is 1. The van der Waals surface area contributed by atoms with E-state index in [9.17, 15) is 4.79 Å². The second-order valence-electron chi connectivity index (χ2n) is 5.79. The Morgan fingerprint density at radius 3 is 2.95 bits per heavy atom. The Bertz CT molecular complexity index is 509. The van der Waals surface area contributed by atoms with Crippen molar-refractivity contribution in [3.05, 3.63) is 23.8 Å². The third-order valence-electron chi connectivity index (χ3n) is 4.06. The van der Waals surface area contributed by atoms with E-state index in [1.165, 1.54) is 18.4 Å². The summed E-state index contributed by atoms with van der Waals surface area (Å²) in [5.41, 5.74) is 2.50. The lowest BCUT2D eigenvalue weighted by molar-refractivity contribution is -0.122. The van der Waals surface area contributed by atoms with Gasteiger partial charge in [0.05, 0.1) is 5.69 Å². The molecule has 1 aromatic rings. The van der Waals surface area contributed by atoms with Gasteiger partial charge in [-0.2, -0.15) is 0 Å². The van der Waals surface area contributed by atoms with E-state index in [0.29, 0.717) is 5.41 Å². The summed E-state index contributed by atoms with van der Waals surface area (Å²) in [6, 6.07) is 6.13. The molecule has 0 saturated heterocycles. The first-order valence-corrected chi connectivity index (χ1v) is 6.87. The van der Waals surface area contributed by atoms with Gasteiger partial charge in [-0.25, -0.2) is 0 Å². The van der Waals surface area contributed by atoms with Crippen molar-refractivity contribution in [2.45, 2.75) is 32.3 Å². The molecule has 1 unspecified atom stereocenters. The molecule has 4 heteroatoms. The van der Waals surface area contributed by atoms with Crippen LogP contribution in [0.1, 0.15) is 25.3 Å². The number of hydrogen-bond donors (Lipinski definition) is 2. The van der Waals surface area contributed by atoms with Gasteiger partial charge in [-0.3, -0.25) is 4.79 Å². The van der Waals surface area contributed by atoms with Crippen molar-refractivity contribution < 1.29 is 9.53 Å². The first-order chi connectivity index (χ1) is 9.12. The van der Waals surface area contributed by atoms with Crippen molar-refractivity contribution >= 4 is 11.6 Å². The van der Waals surface area contributed by atoms with Crippen LogP contribution < -0.4 is 15.4 Å². The Hall–Kier alpha value is -1.55. The lowest BCUT2D eigenvalue weighted by atomic mass is 9.96. The SMILES string of the molecule is CNCC1(Cc2ccc3c(c2)NC(=O)C(C)O3)CC1. The molecule has 2 aliphatic rings. The first-order valence-electron chi connectivity index (χ1n) is 6.87. The van der Waals surface area contributed by atoms with Crippen LogP contribution in [0.4, 0.5) is 5.69 Å². The van der Waals surface area contributed by atoms with Crippen LogP contribution in [0.15, 0.2) is 18.2 Å². The number of hydrogen-bond acceptors (Lipinski definition) is 3. The molecule has 1 aliphatic heterocycles. The molecule has 4 nitrogen and oxygen atoms in total. The van der Waals surface area contributed by atoms with E-state index in [1.807, 2.05) is 13.1 Å². The Kier molecular flexibility index (Phi) is 2.97. The Labute approximate surface area is 113 Å². The van der Waals surface area contributed by atoms with Gasteiger partial charge in [0.15, 0.2) is 6.10 Å². The quantitative estimate of drug-likeness (QED) is 0.870. The van der Waals surface area contributed by atoms with Crippen molar-refractivity contribution in [1.82, 2.24) is 5.32 Å². The summed E-state index contributed by atoms with van der Waals surface area (Å²) < 4.78 is 5.57. The highest BCUT2D eigenvalue weighted by molar-refractivity contribution is 5.97. The average molecular weight is 260 g/mol. The van der Waals surface area contributed by atoms with Crippen molar-refractivity contribution in [2.24, 2.45) is 5.41 Å². The van der Waals surface area contributed by atoms with Gasteiger partial charge in [-0.15, -0.1) is 0 Å². The van der Waals surface area contributed by atoms with Gasteiger partial charge < -0.3 is 15.4 Å². The maximum atomic E-state index is 11.6. The van der Waals surface area contributed by atoms with Gasteiger partial charge in [-0.1, -0.05) is 6.07 Å². The predicted molar refractivity (Wildman–Crippen MR) is 74.5 cm³/mol. The number of amides is 1. The van der Waals surface area contributed by atoms with E-state index in [1.54, 1.807) is 6.92 Å². The molecule has 0 radical (unpaired) electrons. The summed E-state index contributed by atoms with van der Waals surface area (Å²) in [5.74, 6) is 0.704. The van der Waals surface area contributed by atoms with Crippen LogP contribution in [-0.4, -0.2) is 25.6 Å². The monoisotopic (exact) mass is 260 g/mol. The highest BCUT2D eigenvalue weighted by atomic mass is 16.5. The highest BCUT2D eigenvalue weighted by Gasteiger charge is 2.41. The summed E-state index contributed by atoms with van der Waals surface area (Å²) in [5, 5.41) is 6.18. The van der Waals surface area contributed by atoms with Crippen LogP contribution in [-0.2, 0) is 11.2 Å². The number of benzene rings is 1. The summed E-state index contributed by atoms with van der Waals surface area (Å²) in [6.07, 6.45) is 3.22. The minimum absolute atomic E-state index is 0.0685. The fourth-order valence-electron chi connectivity index (χ4n) is 2.77. The lowest BCUT2D eigenvalue weighted by Gasteiger charge is -2.24. The number of anilines is 1. The standard InChI is InChI=1S/C15H20N2O2/c1-10-14(18)17-12-7-11(3-4-13(12)19-10)8-15(5-6-15)9-16-2/h3-4,7,10,16H,5-6,8-9H2,1-2H3,(H,17,18). The van der Waals surface area contributed by atoms with Crippen LogP contribution in [0.25, 0.3) is 0 Å². The molecule has 102 valence electrons. The van der Waals surface area contributed by atoms with Crippen molar-refractivity contribution in [3.8, 4) is 5.75 Å². The minimum atomic E-state index is -0.405. The molecule has 0 bridgehead atoms. The van der Waals surface area contributed by atoms with Gasteiger partial charge in [0.1, 0.15) is 5.75 Å². The van der Waals surface area contributed by atoms with Crippen LogP contribution in [0.3, 0.4) is 0 Å². The van der Waals surface area contributed by atoms with E-state index in [-0.39, 0.29) is 5.91 Å². The van der Waals surface area contributed by atoms with Gasteiger partial charge in [0, 0.05) is 6.54 Å². The third kappa shape index (κ3) is 2.45. The molecule has 0 spiro atoms. The van der Waals surface area contributed by atoms with E-state index in [0.717, 1.165) is 24.4 Å². The van der Waals surface area contributed by atoms with Gasteiger partial charge in [-0.05, 0) is 56.3 Å². The van der Waals surface area contributed by atoms with E-state index in [2.05, 4.69) is 22.8 Å². The summed E-state index contributed by atoms with van der Waals surface area (Å²) in [6.45, 7) is 2.82. The molecule has 1 saturated carbocycles. The number of carbonyl (C=O) groups is 1. The predicted octanol–water partition coefficient (Wildman–Crippen LogP) is 1.95. The zero-order valence-electron chi connectivity index (χ0n) is 11.5. The lowest BCUT2D eigenvalue weighted by Crippen LogP contribution is -2.34. The molecule has 2 N–H and O–H groups in total.